The van der Waals surface area contributed by atoms with Crippen molar-refractivity contribution in [2.75, 3.05) is 0 Å². The van der Waals surface area contributed by atoms with E-state index >= 15 is 0 Å². The quantitative estimate of drug-likeness (QED) is 0.507. The number of fused-ring (bicyclic) bond motifs is 3. The summed E-state index contributed by atoms with van der Waals surface area (Å²) in [5, 5.41) is 0. The van der Waals surface area contributed by atoms with Crippen LogP contribution >= 0.6 is 22.6 Å². The minimum Gasteiger partial charge on any atom is -0.143 e. The topological polar surface area (TPSA) is 21.7 Å². The Kier molecular flexibility index (Phi) is 2.85. The van der Waals surface area contributed by atoms with Gasteiger partial charge in [0.05, 0.1) is 33.7 Å². The number of para-hydroxylation sites is 1. The largest absolute Gasteiger partial charge is 0.379 e. The summed E-state index contributed by atoms with van der Waals surface area (Å²) < 4.78 is 5.47. The first-order valence-electron chi connectivity index (χ1n) is 6.95. The molecule has 106 valence electrons. The third-order valence-electron chi connectivity index (χ3n) is 5.21. The molecule has 1 aliphatic rings. The first-order chi connectivity index (χ1) is 9.19. The number of aromatic nitrogens is 3. The summed E-state index contributed by atoms with van der Waals surface area (Å²) in [6.45, 7) is 11.4. The highest BCUT2D eigenvalue weighted by Crippen LogP contribution is 2.49. The lowest BCUT2D eigenvalue weighted by molar-refractivity contribution is -0.758. The van der Waals surface area contributed by atoms with Crippen LogP contribution in [0, 0.1) is 10.8 Å². The number of rotatable bonds is 0. The van der Waals surface area contributed by atoms with Gasteiger partial charge in [0.2, 0.25) is 0 Å². The summed E-state index contributed by atoms with van der Waals surface area (Å²) >= 11 is 2.32. The molecule has 0 saturated heterocycles. The summed E-state index contributed by atoms with van der Waals surface area (Å²) in [6.07, 6.45) is 0. The molecule has 3 rings (SSSR count). The van der Waals surface area contributed by atoms with E-state index < -0.39 is 0 Å². The van der Waals surface area contributed by atoms with Crippen LogP contribution in [0.2, 0.25) is 0 Å². The Balaban J connectivity index is 2.51. The van der Waals surface area contributed by atoms with Crippen LogP contribution in [-0.2, 0) is 17.9 Å². The fourth-order valence-corrected chi connectivity index (χ4v) is 3.60. The highest BCUT2D eigenvalue weighted by Gasteiger charge is 2.52. The minimum absolute atomic E-state index is 0.0189. The summed E-state index contributed by atoms with van der Waals surface area (Å²) in [5.74, 6) is 1.15. The van der Waals surface area contributed by atoms with Gasteiger partial charge in [0.25, 0.3) is 5.82 Å². The third-order valence-corrected chi connectivity index (χ3v) is 6.15. The predicted molar refractivity (Wildman–Crippen MR) is 88.2 cm³/mol. The smallest absolute Gasteiger partial charge is 0.143 e. The van der Waals surface area contributed by atoms with Crippen LogP contribution in [-0.4, -0.2) is 9.67 Å². The third kappa shape index (κ3) is 1.51. The van der Waals surface area contributed by atoms with Crippen LogP contribution in [0.15, 0.2) is 18.2 Å². The van der Waals surface area contributed by atoms with Gasteiger partial charge in [0, 0.05) is 5.41 Å². The van der Waals surface area contributed by atoms with E-state index in [9.17, 15) is 0 Å². The summed E-state index contributed by atoms with van der Waals surface area (Å²) in [7, 11) is 2.09. The molecule has 1 aromatic carbocycles. The molecular weight excluding hydrogens is 361 g/mol. The monoisotopic (exact) mass is 382 g/mol. The first-order valence-corrected chi connectivity index (χ1v) is 8.03. The van der Waals surface area contributed by atoms with E-state index in [0.29, 0.717) is 0 Å². The maximum absolute atomic E-state index is 4.85. The standard InChI is InChI=1S/C16H21IN3/c1-10-8-7-9-11-12(10)20-13(18-14(17)19(20)6)16(4,5)15(11,2)3/h7-9H,1-6H3/q+1. The number of aryl methyl sites for hydroxylation is 1. The van der Waals surface area contributed by atoms with Crippen molar-refractivity contribution in [3.63, 3.8) is 0 Å². The van der Waals surface area contributed by atoms with Crippen molar-refractivity contribution >= 4 is 22.6 Å². The SMILES string of the molecule is Cc1cccc2c1-n1c(nc(I)[n+]1C)C(C)(C)C2(C)C. The van der Waals surface area contributed by atoms with E-state index in [4.69, 9.17) is 4.98 Å². The summed E-state index contributed by atoms with van der Waals surface area (Å²) in [4.78, 5) is 4.85. The van der Waals surface area contributed by atoms with Gasteiger partial charge in [-0.05, 0) is 36.9 Å². The molecule has 0 radical (unpaired) electrons. The normalized spacial score (nSPS) is 18.6. The van der Waals surface area contributed by atoms with Gasteiger partial charge in [0.1, 0.15) is 7.05 Å². The van der Waals surface area contributed by atoms with Crippen molar-refractivity contribution in [3.05, 3.63) is 39.0 Å². The lowest BCUT2D eigenvalue weighted by atomic mass is 9.61. The lowest BCUT2D eigenvalue weighted by Gasteiger charge is -2.44. The van der Waals surface area contributed by atoms with E-state index in [1.165, 1.54) is 16.8 Å². The second-order valence-electron chi connectivity index (χ2n) is 6.76. The van der Waals surface area contributed by atoms with Crippen LogP contribution in [0.1, 0.15) is 44.6 Å². The Morgan fingerprint density at radius 3 is 2.45 bits per heavy atom. The number of hydrogen-bond acceptors (Lipinski definition) is 1. The molecule has 0 N–H and O–H groups in total. The Morgan fingerprint density at radius 1 is 1.15 bits per heavy atom. The zero-order chi connectivity index (χ0) is 14.9. The van der Waals surface area contributed by atoms with E-state index in [0.717, 1.165) is 9.66 Å². The molecule has 2 aromatic rings. The molecule has 0 aliphatic carbocycles. The maximum Gasteiger partial charge on any atom is 0.379 e. The first kappa shape index (κ1) is 14.0. The number of nitrogens with zero attached hydrogens (tertiary/aromatic N) is 3. The van der Waals surface area contributed by atoms with Gasteiger partial charge in [-0.15, -0.1) is 9.36 Å². The molecule has 1 aliphatic heterocycles. The zero-order valence-electron chi connectivity index (χ0n) is 13.0. The van der Waals surface area contributed by atoms with Crippen molar-refractivity contribution in [3.8, 4) is 5.69 Å². The van der Waals surface area contributed by atoms with E-state index in [-0.39, 0.29) is 10.8 Å². The molecule has 0 fully saturated rings. The number of halogens is 1. The average molecular weight is 382 g/mol. The Hall–Kier alpha value is -0.910. The number of benzene rings is 1. The Morgan fingerprint density at radius 2 is 1.80 bits per heavy atom. The van der Waals surface area contributed by atoms with Crippen LogP contribution in [0.5, 0.6) is 0 Å². The lowest BCUT2D eigenvalue weighted by Crippen LogP contribution is -2.51. The van der Waals surface area contributed by atoms with Crippen molar-refractivity contribution < 1.29 is 4.68 Å². The van der Waals surface area contributed by atoms with Crippen LogP contribution in [0.3, 0.4) is 0 Å². The molecule has 0 amide bonds. The van der Waals surface area contributed by atoms with Crippen molar-refractivity contribution in [1.29, 1.82) is 0 Å². The molecule has 4 heteroatoms. The average Bonchev–Trinajstić information content (AvgIpc) is 2.65. The number of hydrogen-bond donors (Lipinski definition) is 0. The van der Waals surface area contributed by atoms with Crippen molar-refractivity contribution in [1.82, 2.24) is 9.67 Å². The van der Waals surface area contributed by atoms with Gasteiger partial charge in [0.15, 0.2) is 0 Å². The zero-order valence-corrected chi connectivity index (χ0v) is 15.1. The van der Waals surface area contributed by atoms with Crippen LogP contribution < -0.4 is 4.68 Å². The molecule has 0 atom stereocenters. The minimum atomic E-state index is -0.0189. The van der Waals surface area contributed by atoms with E-state index in [1.807, 2.05) is 0 Å². The fourth-order valence-electron chi connectivity index (χ4n) is 3.15. The highest BCUT2D eigenvalue weighted by atomic mass is 127. The van der Waals surface area contributed by atoms with Gasteiger partial charge in [-0.3, -0.25) is 0 Å². The molecule has 0 spiro atoms. The second kappa shape index (κ2) is 4.06. The van der Waals surface area contributed by atoms with Crippen LogP contribution in [0.25, 0.3) is 5.69 Å². The second-order valence-corrected chi connectivity index (χ2v) is 7.73. The predicted octanol–water partition coefficient (Wildman–Crippen LogP) is 3.18. The van der Waals surface area contributed by atoms with Gasteiger partial charge in [-0.25, -0.2) is 0 Å². The summed E-state index contributed by atoms with van der Waals surface area (Å²) in [5.41, 5.74) is 4.03. The van der Waals surface area contributed by atoms with Gasteiger partial charge in [-0.2, -0.15) is 0 Å². The van der Waals surface area contributed by atoms with Gasteiger partial charge < -0.3 is 0 Å². The molecule has 1 aromatic heterocycles. The molecule has 0 bridgehead atoms. The maximum atomic E-state index is 4.85. The van der Waals surface area contributed by atoms with Gasteiger partial charge in [-0.1, -0.05) is 32.0 Å². The molecule has 2 heterocycles. The van der Waals surface area contributed by atoms with E-state index in [2.05, 4.69) is 91.8 Å². The van der Waals surface area contributed by atoms with Crippen molar-refractivity contribution in [2.45, 2.75) is 45.4 Å². The molecular formula is C16H21IN3+. The fraction of sp³-hybridized carbons (Fsp3) is 0.500. The molecule has 3 nitrogen and oxygen atoms in total. The van der Waals surface area contributed by atoms with Crippen LogP contribution in [0.4, 0.5) is 0 Å². The van der Waals surface area contributed by atoms with E-state index in [1.54, 1.807) is 0 Å². The Labute approximate surface area is 134 Å². The van der Waals surface area contributed by atoms with Crippen molar-refractivity contribution in [2.24, 2.45) is 7.05 Å². The highest BCUT2D eigenvalue weighted by molar-refractivity contribution is 14.1. The van der Waals surface area contributed by atoms with Gasteiger partial charge >= 0.3 is 3.83 Å². The molecule has 0 saturated carbocycles. The summed E-state index contributed by atoms with van der Waals surface area (Å²) in [6, 6.07) is 6.61. The molecule has 0 unspecified atom stereocenters. The Bertz CT molecular complexity index is 711. The molecule has 20 heavy (non-hydrogen) atoms.